The number of rotatable bonds is 29. The molecule has 2 rings (SSSR count). The highest BCUT2D eigenvalue weighted by Crippen LogP contribution is 2.32. The second-order valence-corrected chi connectivity index (χ2v) is 26.3. The minimum absolute atomic E-state index is 0.116. The smallest absolute Gasteiger partial charge is 0.151 e. The van der Waals surface area contributed by atoms with Gasteiger partial charge in [0.1, 0.15) is 27.3 Å². The standard InChI is InChI=1S/C42H74O6Si2/c1-11-49(12-2,13-3)39-29-35(31-45-39)37(47-41(7,8)33-43)27-25-23-21-19-17-18-20-22-24-26-28-38(48-42(9,10)34-44)36-30-40(46-32-36)50(14-4,15-5)16-6/h29-34,37-38H,11-28H2,1-10H3. The summed E-state index contributed by atoms with van der Waals surface area (Å²) in [7, 11) is -3.21. The van der Waals surface area contributed by atoms with Crippen molar-refractivity contribution in [3.63, 3.8) is 0 Å². The summed E-state index contributed by atoms with van der Waals surface area (Å²) in [6.45, 7) is 21.2. The lowest BCUT2D eigenvalue weighted by molar-refractivity contribution is -0.135. The van der Waals surface area contributed by atoms with Crippen molar-refractivity contribution >= 4 is 39.5 Å². The maximum Gasteiger partial charge on any atom is 0.151 e. The molecule has 2 atom stereocenters. The van der Waals surface area contributed by atoms with Crippen molar-refractivity contribution in [2.24, 2.45) is 0 Å². The Morgan fingerprint density at radius 2 is 0.820 bits per heavy atom. The van der Waals surface area contributed by atoms with E-state index < -0.39 is 27.3 Å². The van der Waals surface area contributed by atoms with Crippen LogP contribution in [0, 0.1) is 0 Å². The summed E-state index contributed by atoms with van der Waals surface area (Å²) in [6, 6.07) is 11.6. The van der Waals surface area contributed by atoms with Gasteiger partial charge in [-0.2, -0.15) is 0 Å². The fourth-order valence-electron chi connectivity index (χ4n) is 7.59. The molecule has 0 N–H and O–H groups in total. The van der Waals surface area contributed by atoms with Crippen molar-refractivity contribution in [3.8, 4) is 0 Å². The Labute approximate surface area is 308 Å². The van der Waals surface area contributed by atoms with E-state index in [-0.39, 0.29) is 12.2 Å². The van der Waals surface area contributed by atoms with Crippen LogP contribution in [0.3, 0.4) is 0 Å². The molecule has 50 heavy (non-hydrogen) atoms. The largest absolute Gasteiger partial charge is 0.474 e. The lowest BCUT2D eigenvalue weighted by Crippen LogP contribution is -2.44. The predicted octanol–water partition coefficient (Wildman–Crippen LogP) is 11.8. The highest BCUT2D eigenvalue weighted by Gasteiger charge is 2.36. The van der Waals surface area contributed by atoms with Gasteiger partial charge >= 0.3 is 0 Å². The average Bonchev–Trinajstić information content (AvgIpc) is 3.82. The maximum atomic E-state index is 11.7. The van der Waals surface area contributed by atoms with Crippen molar-refractivity contribution < 1.29 is 27.9 Å². The van der Waals surface area contributed by atoms with E-state index in [0.717, 1.165) is 49.4 Å². The SMILES string of the molecule is CC[Si](CC)(CC)c1cc(C(CCCCCCCCCCCCC(OC(C)(C)C=O)c2coc([Si](CC)(CC)CC)c2)OC(C)(C)C=O)co1. The van der Waals surface area contributed by atoms with Crippen LogP contribution in [0.15, 0.2) is 33.5 Å². The summed E-state index contributed by atoms with van der Waals surface area (Å²) >= 11 is 0. The Morgan fingerprint density at radius 1 is 0.540 bits per heavy atom. The van der Waals surface area contributed by atoms with Gasteiger partial charge < -0.3 is 27.9 Å². The summed E-state index contributed by atoms with van der Waals surface area (Å²) in [5.74, 6) is 0. The lowest BCUT2D eigenvalue weighted by Gasteiger charge is -2.26. The first-order valence-electron chi connectivity index (χ1n) is 20.3. The van der Waals surface area contributed by atoms with Crippen LogP contribution in [0.4, 0.5) is 0 Å². The molecule has 0 aliphatic carbocycles. The van der Waals surface area contributed by atoms with Gasteiger partial charge in [-0.05, 0) is 52.7 Å². The van der Waals surface area contributed by atoms with Crippen LogP contribution < -0.4 is 10.8 Å². The highest BCUT2D eigenvalue weighted by atomic mass is 28.3. The van der Waals surface area contributed by atoms with Gasteiger partial charge in [-0.1, -0.05) is 142 Å². The zero-order valence-corrected chi connectivity index (χ0v) is 35.8. The zero-order valence-electron chi connectivity index (χ0n) is 33.8. The van der Waals surface area contributed by atoms with Gasteiger partial charge in [0.2, 0.25) is 0 Å². The van der Waals surface area contributed by atoms with Crippen LogP contribution in [-0.4, -0.2) is 39.9 Å². The quantitative estimate of drug-likeness (QED) is 0.0471. The third-order valence-electron chi connectivity index (χ3n) is 11.7. The topological polar surface area (TPSA) is 78.9 Å². The van der Waals surface area contributed by atoms with Crippen LogP contribution in [-0.2, 0) is 19.1 Å². The van der Waals surface area contributed by atoms with E-state index in [1.54, 1.807) is 0 Å². The number of carbonyl (C=O) groups is 2. The molecule has 0 aliphatic heterocycles. The minimum Gasteiger partial charge on any atom is -0.474 e. The Balaban J connectivity index is 1.76. The summed E-state index contributed by atoms with van der Waals surface area (Å²) in [4.78, 5) is 23.4. The summed E-state index contributed by atoms with van der Waals surface area (Å²) < 4.78 is 25.1. The number of hydrogen-bond donors (Lipinski definition) is 0. The number of unbranched alkanes of at least 4 members (excludes halogenated alkanes) is 9. The molecule has 2 heterocycles. The molecule has 2 aromatic heterocycles. The van der Waals surface area contributed by atoms with Crippen LogP contribution >= 0.6 is 0 Å². The molecule has 0 saturated carbocycles. The molecule has 0 bridgehead atoms. The summed E-state index contributed by atoms with van der Waals surface area (Å²) in [5.41, 5.74) is 0.559. The average molecular weight is 731 g/mol. The van der Waals surface area contributed by atoms with Gasteiger partial charge in [-0.15, -0.1) is 0 Å². The number of carbonyl (C=O) groups excluding carboxylic acids is 2. The van der Waals surface area contributed by atoms with Crippen molar-refractivity contribution in [3.05, 3.63) is 35.8 Å². The molecule has 8 heteroatoms. The third kappa shape index (κ3) is 13.0. The van der Waals surface area contributed by atoms with Crippen molar-refractivity contribution in [2.45, 2.75) is 206 Å². The first-order valence-corrected chi connectivity index (χ1v) is 25.5. The number of aldehydes is 2. The van der Waals surface area contributed by atoms with Crippen molar-refractivity contribution in [1.82, 2.24) is 0 Å². The summed E-state index contributed by atoms with van der Waals surface area (Å²) in [6.07, 6.45) is 19.2. The second-order valence-electron chi connectivity index (χ2n) is 15.9. The van der Waals surface area contributed by atoms with E-state index in [2.05, 4.69) is 53.7 Å². The zero-order chi connectivity index (χ0) is 37.3. The van der Waals surface area contributed by atoms with E-state index in [9.17, 15) is 9.59 Å². The summed E-state index contributed by atoms with van der Waals surface area (Å²) in [5, 5.41) is 2.37. The van der Waals surface area contributed by atoms with Gasteiger partial charge in [-0.3, -0.25) is 0 Å². The van der Waals surface area contributed by atoms with Gasteiger partial charge in [0.15, 0.2) is 12.6 Å². The van der Waals surface area contributed by atoms with E-state index in [1.807, 2.05) is 40.2 Å². The van der Waals surface area contributed by atoms with Crippen LogP contribution in [0.2, 0.25) is 36.3 Å². The molecule has 286 valence electrons. The maximum absolute atomic E-state index is 11.7. The molecule has 0 spiro atoms. The molecule has 2 aromatic rings. The van der Waals surface area contributed by atoms with Crippen molar-refractivity contribution in [1.29, 1.82) is 0 Å². The molecule has 0 radical (unpaired) electrons. The molecular formula is C42H74O6Si2. The Kier molecular flexibility index (Phi) is 19.3. The molecule has 2 unspecified atom stereocenters. The Bertz CT molecular complexity index is 1110. The molecule has 0 saturated heterocycles. The molecule has 6 nitrogen and oxygen atoms in total. The molecule has 0 aromatic carbocycles. The monoisotopic (exact) mass is 731 g/mol. The van der Waals surface area contributed by atoms with Gasteiger partial charge in [0.25, 0.3) is 0 Å². The van der Waals surface area contributed by atoms with E-state index in [4.69, 9.17) is 18.3 Å². The fourth-order valence-corrected chi connectivity index (χ4v) is 14.2. The third-order valence-corrected chi connectivity index (χ3v) is 22.5. The molecule has 0 aliphatic rings. The van der Waals surface area contributed by atoms with Crippen molar-refractivity contribution in [2.75, 3.05) is 0 Å². The van der Waals surface area contributed by atoms with Crippen LogP contribution in [0.5, 0.6) is 0 Å². The predicted molar refractivity (Wildman–Crippen MR) is 214 cm³/mol. The van der Waals surface area contributed by atoms with Crippen LogP contribution in [0.25, 0.3) is 0 Å². The van der Waals surface area contributed by atoms with E-state index >= 15 is 0 Å². The van der Waals surface area contributed by atoms with Crippen LogP contribution in [0.1, 0.15) is 170 Å². The fraction of sp³-hybridized carbons (Fsp3) is 0.762. The molecule has 0 amide bonds. The highest BCUT2D eigenvalue weighted by molar-refractivity contribution is 6.91. The Hall–Kier alpha value is -1.75. The minimum atomic E-state index is -1.60. The van der Waals surface area contributed by atoms with Gasteiger partial charge in [0, 0.05) is 11.1 Å². The normalized spacial score (nSPS) is 14.2. The number of hydrogen-bond acceptors (Lipinski definition) is 6. The molecule has 0 fully saturated rings. The van der Waals surface area contributed by atoms with Gasteiger partial charge in [-0.25, -0.2) is 0 Å². The van der Waals surface area contributed by atoms with E-state index in [0.29, 0.717) is 0 Å². The lowest BCUT2D eigenvalue weighted by atomic mass is 10.0. The number of ether oxygens (including phenoxy) is 2. The van der Waals surface area contributed by atoms with Gasteiger partial charge in [0.05, 0.1) is 35.5 Å². The Morgan fingerprint density at radius 3 is 1.08 bits per heavy atom. The van der Waals surface area contributed by atoms with E-state index in [1.165, 1.54) is 98.4 Å². The molecular weight excluding hydrogens is 657 g/mol. The second kappa shape index (κ2) is 21.7. The number of furan rings is 2. The first-order chi connectivity index (χ1) is 23.8. The first kappa shape index (κ1) is 44.4.